The average Bonchev–Trinajstić information content (AvgIpc) is 3.78. The molecule has 0 amide bonds. The van der Waals surface area contributed by atoms with Crippen molar-refractivity contribution in [1.29, 1.82) is 0 Å². The van der Waals surface area contributed by atoms with Crippen LogP contribution in [0.2, 0.25) is 0 Å². The van der Waals surface area contributed by atoms with Crippen molar-refractivity contribution in [2.24, 2.45) is 0 Å². The van der Waals surface area contributed by atoms with Crippen molar-refractivity contribution >= 4 is 39.0 Å². The molecule has 4 aromatic carbocycles. The van der Waals surface area contributed by atoms with Crippen LogP contribution in [0.25, 0.3) is 27.4 Å². The molecule has 0 bridgehead atoms. The Kier molecular flexibility index (Phi) is 8.93. The van der Waals surface area contributed by atoms with E-state index in [0.29, 0.717) is 46.7 Å². The molecule has 1 N–H and O–H groups in total. The number of carboxylic acid groups (broad SMARTS) is 1. The van der Waals surface area contributed by atoms with E-state index < -0.39 is 5.97 Å². The molecule has 0 atom stereocenters. The summed E-state index contributed by atoms with van der Waals surface area (Å²) in [6, 6.07) is 34.7. The van der Waals surface area contributed by atoms with Gasteiger partial charge >= 0.3 is 5.97 Å². The number of thiophene rings is 1. The number of aromatic nitrogens is 3. The molecular formula is C39H29N3O5S. The number of benzene rings is 4. The van der Waals surface area contributed by atoms with Gasteiger partial charge in [-0.15, -0.1) is 11.3 Å². The smallest absolute Gasteiger partial charge is 0.336 e. The van der Waals surface area contributed by atoms with Crippen LogP contribution in [0.3, 0.4) is 0 Å². The zero-order valence-corrected chi connectivity index (χ0v) is 26.4. The number of hydrogen-bond donors (Lipinski definition) is 1. The highest BCUT2D eigenvalue weighted by Crippen LogP contribution is 2.47. The summed E-state index contributed by atoms with van der Waals surface area (Å²) in [5, 5.41) is 11.0. The maximum absolute atomic E-state index is 12.5. The first kappa shape index (κ1) is 30.5. The average molecular weight is 652 g/mol. The Morgan fingerprint density at radius 1 is 0.771 bits per heavy atom. The molecule has 0 aliphatic rings. The molecule has 3 aromatic heterocycles. The number of aliphatic carboxylic acids is 1. The number of carbonyl (C=O) groups is 1. The van der Waals surface area contributed by atoms with Crippen LogP contribution in [0.5, 0.6) is 23.0 Å². The Bertz CT molecular complexity index is 2160. The van der Waals surface area contributed by atoms with Crippen LogP contribution in [-0.4, -0.2) is 25.6 Å². The Balaban J connectivity index is 1.33. The van der Waals surface area contributed by atoms with E-state index in [0.717, 1.165) is 26.9 Å². The van der Waals surface area contributed by atoms with Gasteiger partial charge in [-0.25, -0.2) is 9.78 Å². The largest absolute Gasteiger partial charge is 0.485 e. The van der Waals surface area contributed by atoms with Crippen molar-refractivity contribution in [3.63, 3.8) is 0 Å². The fourth-order valence-electron chi connectivity index (χ4n) is 5.14. The first-order valence-corrected chi connectivity index (χ1v) is 16.0. The summed E-state index contributed by atoms with van der Waals surface area (Å²) in [4.78, 5) is 21.3. The second kappa shape index (κ2) is 14.1. The Hall–Kier alpha value is -6.19. The summed E-state index contributed by atoms with van der Waals surface area (Å²) >= 11 is 1.42. The van der Waals surface area contributed by atoms with E-state index in [-0.39, 0.29) is 5.57 Å². The molecule has 0 saturated heterocycles. The maximum atomic E-state index is 12.5. The van der Waals surface area contributed by atoms with Gasteiger partial charge in [-0.2, -0.15) is 0 Å². The lowest BCUT2D eigenvalue weighted by molar-refractivity contribution is -0.130. The third-order valence-corrected chi connectivity index (χ3v) is 8.65. The second-order valence-electron chi connectivity index (χ2n) is 10.8. The van der Waals surface area contributed by atoms with Crippen molar-refractivity contribution in [1.82, 2.24) is 14.5 Å². The minimum Gasteiger partial charge on any atom is -0.485 e. The number of carboxylic acids is 1. The van der Waals surface area contributed by atoms with E-state index in [2.05, 4.69) is 9.97 Å². The van der Waals surface area contributed by atoms with Crippen LogP contribution < -0.4 is 14.2 Å². The summed E-state index contributed by atoms with van der Waals surface area (Å²) in [6.07, 6.45) is 10.1. The topological polar surface area (TPSA) is 95.7 Å². The Labute approximate surface area is 280 Å². The molecule has 8 nitrogen and oxygen atoms in total. The van der Waals surface area contributed by atoms with Crippen molar-refractivity contribution in [3.05, 3.63) is 162 Å². The highest BCUT2D eigenvalue weighted by atomic mass is 32.1. The molecule has 0 fully saturated rings. The normalized spacial score (nSPS) is 11.4. The summed E-state index contributed by atoms with van der Waals surface area (Å²) in [6.45, 7) is 0.687. The highest BCUT2D eigenvalue weighted by molar-refractivity contribution is 7.20. The minimum absolute atomic E-state index is 0.116. The summed E-state index contributed by atoms with van der Waals surface area (Å²) in [5.74, 6) is 1.15. The van der Waals surface area contributed by atoms with Gasteiger partial charge in [-0.1, -0.05) is 60.7 Å². The number of nitrogens with zero attached hydrogens (tertiary/aromatic N) is 3. The van der Waals surface area contributed by atoms with Gasteiger partial charge in [0.1, 0.15) is 19.0 Å². The molecule has 0 spiro atoms. The predicted octanol–water partition coefficient (Wildman–Crippen LogP) is 9.06. The summed E-state index contributed by atoms with van der Waals surface area (Å²) in [7, 11) is 0. The van der Waals surface area contributed by atoms with E-state index in [1.54, 1.807) is 43.1 Å². The standard InChI is InChI=1S/C39H29N3O5S/c43-39(44)32(29-15-17-40-18-16-29)22-37-38(47-31-13-11-30(12-14-31)42-20-19-41-26-42)33-21-34(45-24-27-7-3-1-4-8-27)35(23-36(33)48-37)46-25-28-9-5-2-6-10-28/h1-23,26H,24-25H2,(H,43,44). The van der Waals surface area contributed by atoms with E-state index in [1.807, 2.05) is 108 Å². The quantitative estimate of drug-likeness (QED) is 0.132. The Morgan fingerprint density at radius 2 is 1.42 bits per heavy atom. The number of ether oxygens (including phenoxy) is 3. The number of fused-ring (bicyclic) bond motifs is 1. The van der Waals surface area contributed by atoms with Crippen LogP contribution in [0.4, 0.5) is 0 Å². The lowest BCUT2D eigenvalue weighted by atomic mass is 10.1. The third-order valence-electron chi connectivity index (χ3n) is 7.56. The molecule has 48 heavy (non-hydrogen) atoms. The zero-order chi connectivity index (χ0) is 32.7. The Morgan fingerprint density at radius 3 is 2.02 bits per heavy atom. The van der Waals surface area contributed by atoms with Gasteiger partial charge < -0.3 is 23.9 Å². The summed E-state index contributed by atoms with van der Waals surface area (Å²) in [5.41, 5.74) is 3.61. The first-order valence-electron chi connectivity index (χ1n) is 15.2. The van der Waals surface area contributed by atoms with Gasteiger partial charge in [0.05, 0.1) is 16.8 Å². The molecule has 0 radical (unpaired) electrons. The lowest BCUT2D eigenvalue weighted by Gasteiger charge is -2.14. The van der Waals surface area contributed by atoms with Gasteiger partial charge in [0.25, 0.3) is 0 Å². The SMILES string of the molecule is O=C(O)C(=Cc1sc2cc(OCc3ccccc3)c(OCc3ccccc3)cc2c1Oc1ccc(-n2ccnc2)cc1)c1ccncc1. The maximum Gasteiger partial charge on any atom is 0.336 e. The van der Waals surface area contributed by atoms with Crippen molar-refractivity contribution < 1.29 is 24.1 Å². The fraction of sp³-hybridized carbons (Fsp3) is 0.0513. The molecule has 9 heteroatoms. The number of imidazole rings is 1. The monoisotopic (exact) mass is 651 g/mol. The third kappa shape index (κ3) is 6.96. The molecule has 0 unspecified atom stereocenters. The van der Waals surface area contributed by atoms with E-state index in [1.165, 1.54) is 11.3 Å². The van der Waals surface area contributed by atoms with Crippen molar-refractivity contribution in [2.45, 2.75) is 13.2 Å². The van der Waals surface area contributed by atoms with E-state index >= 15 is 0 Å². The molecule has 7 aromatic rings. The molecule has 0 aliphatic heterocycles. The van der Waals surface area contributed by atoms with Crippen molar-refractivity contribution in [3.8, 4) is 28.7 Å². The first-order chi connectivity index (χ1) is 23.6. The van der Waals surface area contributed by atoms with Crippen LogP contribution in [0.15, 0.2) is 140 Å². The zero-order valence-electron chi connectivity index (χ0n) is 25.6. The molecular weight excluding hydrogens is 623 g/mol. The highest BCUT2D eigenvalue weighted by Gasteiger charge is 2.21. The van der Waals surface area contributed by atoms with Crippen LogP contribution in [0, 0.1) is 0 Å². The fourth-order valence-corrected chi connectivity index (χ4v) is 6.23. The number of hydrogen-bond acceptors (Lipinski definition) is 7. The van der Waals surface area contributed by atoms with Crippen LogP contribution >= 0.6 is 11.3 Å². The summed E-state index contributed by atoms with van der Waals surface area (Å²) < 4.78 is 22.0. The van der Waals surface area contributed by atoms with Gasteiger partial charge in [0.15, 0.2) is 17.2 Å². The van der Waals surface area contributed by atoms with E-state index in [4.69, 9.17) is 14.2 Å². The lowest BCUT2D eigenvalue weighted by Crippen LogP contribution is -2.00. The second-order valence-corrected chi connectivity index (χ2v) is 11.9. The molecule has 0 aliphatic carbocycles. The van der Waals surface area contributed by atoms with E-state index in [9.17, 15) is 9.90 Å². The molecule has 7 rings (SSSR count). The van der Waals surface area contributed by atoms with Gasteiger partial charge in [-0.05, 0) is 65.2 Å². The number of rotatable bonds is 12. The molecule has 236 valence electrons. The van der Waals surface area contributed by atoms with Gasteiger partial charge in [-0.3, -0.25) is 4.98 Å². The van der Waals surface area contributed by atoms with Crippen LogP contribution in [-0.2, 0) is 18.0 Å². The van der Waals surface area contributed by atoms with Crippen LogP contribution in [0.1, 0.15) is 21.6 Å². The van der Waals surface area contributed by atoms with Gasteiger partial charge in [0.2, 0.25) is 0 Å². The minimum atomic E-state index is -1.06. The molecule has 0 saturated carbocycles. The predicted molar refractivity (Wildman–Crippen MR) is 187 cm³/mol. The number of pyridine rings is 1. The van der Waals surface area contributed by atoms with Crippen molar-refractivity contribution in [2.75, 3.05) is 0 Å². The van der Waals surface area contributed by atoms with Gasteiger partial charge in [0, 0.05) is 46.6 Å². The molecule has 3 heterocycles.